The van der Waals surface area contributed by atoms with E-state index in [9.17, 15) is 4.79 Å². The summed E-state index contributed by atoms with van der Waals surface area (Å²) in [4.78, 5) is 15.4. The summed E-state index contributed by atoms with van der Waals surface area (Å²) >= 11 is 3.08. The van der Waals surface area contributed by atoms with Crippen molar-refractivity contribution in [1.29, 1.82) is 0 Å². The van der Waals surface area contributed by atoms with Crippen LogP contribution in [0, 0.1) is 6.92 Å². The van der Waals surface area contributed by atoms with E-state index in [0.29, 0.717) is 5.25 Å². The molecule has 0 bridgehead atoms. The van der Waals surface area contributed by atoms with Gasteiger partial charge in [0.2, 0.25) is 0 Å². The van der Waals surface area contributed by atoms with E-state index in [-0.39, 0.29) is 5.75 Å². The minimum atomic E-state index is -0.816. The number of carboxylic acids is 1. The average molecular weight is 310 g/mol. The molecule has 1 heterocycles. The number of fused-ring (bicyclic) bond motifs is 1. The van der Waals surface area contributed by atoms with E-state index in [4.69, 9.17) is 5.11 Å². The Hall–Kier alpha value is -1.14. The van der Waals surface area contributed by atoms with Crippen molar-refractivity contribution in [1.82, 2.24) is 9.55 Å². The molecule has 2 rings (SSSR count). The number of thioether (sulfide) groups is 2. The Labute approximate surface area is 127 Å². The molecule has 108 valence electrons. The van der Waals surface area contributed by atoms with E-state index in [2.05, 4.69) is 22.7 Å². The van der Waals surface area contributed by atoms with Gasteiger partial charge in [0, 0.05) is 11.8 Å². The van der Waals surface area contributed by atoms with Crippen LogP contribution >= 0.6 is 23.5 Å². The summed E-state index contributed by atoms with van der Waals surface area (Å²) in [6.07, 6.45) is 2.08. The Morgan fingerprint density at radius 1 is 1.50 bits per heavy atom. The molecule has 0 radical (unpaired) electrons. The number of aliphatic carboxylic acids is 1. The van der Waals surface area contributed by atoms with Crippen molar-refractivity contribution in [2.24, 2.45) is 0 Å². The number of para-hydroxylation sites is 1. The first-order valence-electron chi connectivity index (χ1n) is 6.36. The summed E-state index contributed by atoms with van der Waals surface area (Å²) in [5.41, 5.74) is 3.17. The molecule has 4 nitrogen and oxygen atoms in total. The number of hydrogen-bond acceptors (Lipinski definition) is 4. The van der Waals surface area contributed by atoms with Gasteiger partial charge in [0.25, 0.3) is 0 Å². The van der Waals surface area contributed by atoms with Crippen molar-refractivity contribution in [3.05, 3.63) is 23.8 Å². The summed E-state index contributed by atoms with van der Waals surface area (Å²) in [6, 6.07) is 6.10. The SMILES string of the molecule is CSC(C)Cn1c(SCC(=O)O)nc2c(C)cccc21. The Balaban J connectivity index is 2.45. The van der Waals surface area contributed by atoms with Crippen LogP contribution in [-0.2, 0) is 11.3 Å². The first-order valence-corrected chi connectivity index (χ1v) is 8.63. The molecule has 1 atom stereocenters. The lowest BCUT2D eigenvalue weighted by atomic mass is 10.2. The molecular weight excluding hydrogens is 292 g/mol. The van der Waals surface area contributed by atoms with Gasteiger partial charge in [-0.25, -0.2) is 4.98 Å². The monoisotopic (exact) mass is 310 g/mol. The molecule has 20 heavy (non-hydrogen) atoms. The van der Waals surface area contributed by atoms with Crippen molar-refractivity contribution < 1.29 is 9.90 Å². The zero-order valence-corrected chi connectivity index (χ0v) is 13.4. The summed E-state index contributed by atoms with van der Waals surface area (Å²) in [5.74, 6) is -0.779. The normalized spacial score (nSPS) is 12.8. The molecule has 1 N–H and O–H groups in total. The second-order valence-corrected chi connectivity index (χ2v) is 6.90. The van der Waals surface area contributed by atoms with Gasteiger partial charge < -0.3 is 9.67 Å². The molecule has 6 heteroatoms. The zero-order chi connectivity index (χ0) is 14.7. The predicted molar refractivity (Wildman–Crippen MR) is 85.8 cm³/mol. The number of hydrogen-bond donors (Lipinski definition) is 1. The maximum Gasteiger partial charge on any atom is 0.313 e. The van der Waals surface area contributed by atoms with E-state index < -0.39 is 5.97 Å². The average Bonchev–Trinajstić information content (AvgIpc) is 2.76. The molecule has 1 unspecified atom stereocenters. The zero-order valence-electron chi connectivity index (χ0n) is 11.8. The first kappa shape index (κ1) is 15.3. The molecule has 0 saturated heterocycles. The standard InChI is InChI=1S/C14H18N2O2S2/c1-9-5-4-6-11-13(9)15-14(20-8-12(17)18)16(11)7-10(2)19-3/h4-6,10H,7-8H2,1-3H3,(H,17,18). The van der Waals surface area contributed by atoms with Crippen molar-refractivity contribution in [3.63, 3.8) is 0 Å². The van der Waals surface area contributed by atoms with E-state index in [1.807, 2.05) is 25.1 Å². The molecule has 2 aromatic rings. The number of rotatable bonds is 6. The van der Waals surface area contributed by atoms with E-state index in [1.54, 1.807) is 11.8 Å². The Kier molecular flexibility index (Phi) is 4.99. The Morgan fingerprint density at radius 3 is 2.90 bits per heavy atom. The van der Waals surface area contributed by atoms with Gasteiger partial charge in [0.15, 0.2) is 5.16 Å². The quantitative estimate of drug-likeness (QED) is 0.830. The number of carbonyl (C=O) groups is 1. The first-order chi connectivity index (χ1) is 9.52. The third kappa shape index (κ3) is 3.30. The molecule has 1 aromatic carbocycles. The summed E-state index contributed by atoms with van der Waals surface area (Å²) in [7, 11) is 0. The van der Waals surface area contributed by atoms with E-state index >= 15 is 0 Å². The smallest absolute Gasteiger partial charge is 0.313 e. The second-order valence-electron chi connectivity index (χ2n) is 4.68. The second kappa shape index (κ2) is 6.54. The molecule has 0 fully saturated rings. The van der Waals surface area contributed by atoms with Crippen LogP contribution in [0.25, 0.3) is 11.0 Å². The van der Waals surface area contributed by atoms with Crippen molar-refractivity contribution in [3.8, 4) is 0 Å². The van der Waals surface area contributed by atoms with Gasteiger partial charge in [0.1, 0.15) is 0 Å². The van der Waals surface area contributed by atoms with Crippen molar-refractivity contribution >= 4 is 40.5 Å². The highest BCUT2D eigenvalue weighted by atomic mass is 32.2. The third-order valence-electron chi connectivity index (χ3n) is 3.11. The molecule has 0 aliphatic rings. The van der Waals surface area contributed by atoms with Crippen LogP contribution in [0.2, 0.25) is 0 Å². The summed E-state index contributed by atoms with van der Waals surface area (Å²) < 4.78 is 2.14. The maximum atomic E-state index is 10.8. The van der Waals surface area contributed by atoms with Gasteiger partial charge in [-0.3, -0.25) is 4.79 Å². The molecular formula is C14H18N2O2S2. The minimum Gasteiger partial charge on any atom is -0.481 e. The Morgan fingerprint density at radius 2 is 2.25 bits per heavy atom. The molecule has 0 saturated carbocycles. The van der Waals surface area contributed by atoms with Crippen molar-refractivity contribution in [2.75, 3.05) is 12.0 Å². The lowest BCUT2D eigenvalue weighted by Gasteiger charge is -2.12. The van der Waals surface area contributed by atoms with Gasteiger partial charge >= 0.3 is 5.97 Å². The van der Waals surface area contributed by atoms with Gasteiger partial charge in [0.05, 0.1) is 16.8 Å². The fraction of sp³-hybridized carbons (Fsp3) is 0.429. The third-order valence-corrected chi connectivity index (χ3v) is 5.03. The highest BCUT2D eigenvalue weighted by molar-refractivity contribution is 7.99. The lowest BCUT2D eigenvalue weighted by Crippen LogP contribution is -2.10. The highest BCUT2D eigenvalue weighted by Gasteiger charge is 2.15. The predicted octanol–water partition coefficient (Wildman–Crippen LogP) is 3.27. The molecule has 1 aromatic heterocycles. The maximum absolute atomic E-state index is 10.8. The summed E-state index contributed by atoms with van der Waals surface area (Å²) in [5, 5.41) is 10.1. The van der Waals surface area contributed by atoms with E-state index in [1.165, 1.54) is 11.8 Å². The number of benzene rings is 1. The highest BCUT2D eigenvalue weighted by Crippen LogP contribution is 2.27. The molecule has 0 amide bonds. The van der Waals surface area contributed by atoms with Crippen LogP contribution in [0.15, 0.2) is 23.4 Å². The van der Waals surface area contributed by atoms with Crippen LogP contribution in [0.3, 0.4) is 0 Å². The van der Waals surface area contributed by atoms with Gasteiger partial charge in [-0.2, -0.15) is 11.8 Å². The number of aromatic nitrogens is 2. The van der Waals surface area contributed by atoms with Crippen LogP contribution < -0.4 is 0 Å². The van der Waals surface area contributed by atoms with E-state index in [0.717, 1.165) is 28.3 Å². The van der Waals surface area contributed by atoms with Crippen LogP contribution in [0.1, 0.15) is 12.5 Å². The fourth-order valence-electron chi connectivity index (χ4n) is 2.01. The number of imidazole rings is 1. The topological polar surface area (TPSA) is 55.1 Å². The molecule has 0 aliphatic heterocycles. The van der Waals surface area contributed by atoms with Gasteiger partial charge in [-0.15, -0.1) is 0 Å². The molecule has 0 aliphatic carbocycles. The lowest BCUT2D eigenvalue weighted by molar-refractivity contribution is -0.133. The Bertz CT molecular complexity index is 625. The van der Waals surface area contributed by atoms with Gasteiger partial charge in [-0.05, 0) is 24.8 Å². The number of carboxylic acid groups (broad SMARTS) is 1. The fourth-order valence-corrected chi connectivity index (χ4v) is 3.05. The van der Waals surface area contributed by atoms with Crippen LogP contribution in [0.4, 0.5) is 0 Å². The number of nitrogens with zero attached hydrogens (tertiary/aromatic N) is 2. The van der Waals surface area contributed by atoms with Crippen LogP contribution in [0.5, 0.6) is 0 Å². The van der Waals surface area contributed by atoms with Crippen molar-refractivity contribution in [2.45, 2.75) is 30.8 Å². The largest absolute Gasteiger partial charge is 0.481 e. The summed E-state index contributed by atoms with van der Waals surface area (Å²) in [6.45, 7) is 5.03. The van der Waals surface area contributed by atoms with Gasteiger partial charge in [-0.1, -0.05) is 30.8 Å². The molecule has 0 spiro atoms. The minimum absolute atomic E-state index is 0.0377. The number of aryl methyl sites for hydroxylation is 1. The van der Waals surface area contributed by atoms with Crippen LogP contribution in [-0.4, -0.2) is 37.9 Å².